The third kappa shape index (κ3) is 5.77. The van der Waals surface area contributed by atoms with E-state index in [1.54, 1.807) is 0 Å². The number of hydrogen-bond acceptors (Lipinski definition) is 2. The summed E-state index contributed by atoms with van der Waals surface area (Å²) >= 11 is 5.53. The molecule has 0 aliphatic heterocycles. The van der Waals surface area contributed by atoms with Crippen molar-refractivity contribution < 1.29 is 9.05 Å². The van der Waals surface area contributed by atoms with Gasteiger partial charge in [-0.25, -0.2) is 0 Å². The molecule has 0 amide bonds. The first-order valence-electron chi connectivity index (χ1n) is 5.85. The first-order valence-corrected chi connectivity index (χ1v) is 12.2. The van der Waals surface area contributed by atoms with Crippen molar-refractivity contribution in [3.05, 3.63) is 71.8 Å². The van der Waals surface area contributed by atoms with Gasteiger partial charge in [-0.1, -0.05) is 0 Å². The third-order valence-electron chi connectivity index (χ3n) is 2.47. The molecule has 0 fully saturated rings. The third-order valence-corrected chi connectivity index (χ3v) is 6.17. The van der Waals surface area contributed by atoms with Gasteiger partial charge in [0, 0.05) is 0 Å². The molecule has 100 valence electrons. The molecular weight excluding hydrogens is 389 g/mol. The summed E-state index contributed by atoms with van der Waals surface area (Å²) < 4.78 is 9.72. The van der Waals surface area contributed by atoms with Crippen molar-refractivity contribution in [1.29, 1.82) is 0 Å². The molecule has 0 saturated carbocycles. The molecule has 0 bridgehead atoms. The van der Waals surface area contributed by atoms with E-state index in [1.807, 2.05) is 60.7 Å². The fourth-order valence-corrected chi connectivity index (χ4v) is 3.59. The van der Waals surface area contributed by atoms with Crippen LogP contribution < -0.4 is 0 Å². The number of benzene rings is 2. The van der Waals surface area contributed by atoms with Crippen molar-refractivity contribution in [3.63, 3.8) is 0 Å². The summed E-state index contributed by atoms with van der Waals surface area (Å²) in [6.45, 7) is 1.12. The number of hydrogen-bond donors (Lipinski definition) is 0. The first-order chi connectivity index (χ1) is 9.16. The molecule has 5 heteroatoms. The van der Waals surface area contributed by atoms with Crippen LogP contribution in [0.4, 0.5) is 0 Å². The topological polar surface area (TPSA) is 18.5 Å². The Morgan fingerprint density at radius 1 is 0.789 bits per heavy atom. The molecule has 0 radical (unpaired) electrons. The Morgan fingerprint density at radius 2 is 1.16 bits per heavy atom. The van der Waals surface area contributed by atoms with Crippen molar-refractivity contribution in [1.82, 2.24) is 0 Å². The Bertz CT molecular complexity index is 498. The zero-order valence-electron chi connectivity index (χ0n) is 10.3. The van der Waals surface area contributed by atoms with Crippen LogP contribution in [0.25, 0.3) is 0 Å². The standard InChI is InChI=1S/C14H15O2PSe2/c18-17(19,15-11-13-7-3-1-4-8-13)16-12-14-9-5-2-6-10-14/h1-10H,11-12H2,(H,18,19). The first kappa shape index (κ1) is 15.2. The van der Waals surface area contributed by atoms with E-state index in [4.69, 9.17) is 9.05 Å². The summed E-state index contributed by atoms with van der Waals surface area (Å²) in [6.07, 6.45) is 0. The van der Waals surface area contributed by atoms with E-state index in [9.17, 15) is 0 Å². The molecular formula is C14H15O2PSe2. The summed E-state index contributed by atoms with van der Waals surface area (Å²) in [4.78, 5) is 0. The normalized spacial score (nSPS) is 11.4. The van der Waals surface area contributed by atoms with Crippen molar-refractivity contribution in [2.75, 3.05) is 0 Å². The van der Waals surface area contributed by atoms with Gasteiger partial charge in [-0.05, 0) is 0 Å². The summed E-state index contributed by atoms with van der Waals surface area (Å²) in [7, 11) is 0. The second kappa shape index (κ2) is 7.57. The van der Waals surface area contributed by atoms with E-state index in [2.05, 4.69) is 30.7 Å². The van der Waals surface area contributed by atoms with Gasteiger partial charge in [-0.15, -0.1) is 0 Å². The van der Waals surface area contributed by atoms with Gasteiger partial charge in [-0.3, -0.25) is 0 Å². The molecule has 0 spiro atoms. The zero-order chi connectivity index (χ0) is 13.6. The maximum atomic E-state index is 5.84. The Kier molecular flexibility index (Phi) is 6.06. The van der Waals surface area contributed by atoms with Gasteiger partial charge in [0.25, 0.3) is 0 Å². The van der Waals surface area contributed by atoms with Crippen molar-refractivity contribution in [2.24, 2.45) is 0 Å². The van der Waals surface area contributed by atoms with Crippen LogP contribution in [0.15, 0.2) is 60.7 Å². The van der Waals surface area contributed by atoms with Crippen LogP contribution in [-0.2, 0) is 22.3 Å². The summed E-state index contributed by atoms with van der Waals surface area (Å²) in [5.74, 6) is 0. The van der Waals surface area contributed by atoms with Crippen LogP contribution in [0.2, 0.25) is 0 Å². The number of rotatable bonds is 6. The van der Waals surface area contributed by atoms with Gasteiger partial charge in [0.15, 0.2) is 0 Å². The monoisotopic (exact) mass is 406 g/mol. The predicted octanol–water partition coefficient (Wildman–Crippen LogP) is 3.17. The Hall–Kier alpha value is -0.171. The second-order valence-electron chi connectivity index (χ2n) is 3.99. The Morgan fingerprint density at radius 3 is 1.53 bits per heavy atom. The van der Waals surface area contributed by atoms with E-state index in [-0.39, 0.29) is 0 Å². The van der Waals surface area contributed by atoms with Gasteiger partial charge in [0.2, 0.25) is 0 Å². The molecule has 0 aromatic heterocycles. The molecule has 2 nitrogen and oxygen atoms in total. The summed E-state index contributed by atoms with van der Waals surface area (Å²) in [5.41, 5.74) is 2.30. The molecule has 2 aromatic carbocycles. The van der Waals surface area contributed by atoms with Crippen LogP contribution in [0.5, 0.6) is 0 Å². The minimum atomic E-state index is -1.96. The van der Waals surface area contributed by atoms with E-state index in [1.165, 1.54) is 0 Å². The quantitative estimate of drug-likeness (QED) is 0.544. The molecule has 0 N–H and O–H groups in total. The average molecular weight is 404 g/mol. The average Bonchev–Trinajstić information content (AvgIpc) is 2.46. The zero-order valence-corrected chi connectivity index (χ0v) is 14.8. The van der Waals surface area contributed by atoms with E-state index >= 15 is 0 Å². The SMILES string of the molecule is [Se]=P([SeH])(OCc1ccccc1)OCc1ccccc1. The molecule has 2 aromatic rings. The Labute approximate surface area is 129 Å². The molecule has 2 rings (SSSR count). The molecule has 0 saturated heterocycles. The van der Waals surface area contributed by atoms with Crippen molar-refractivity contribution >= 4 is 35.3 Å². The Balaban J connectivity index is 1.84. The van der Waals surface area contributed by atoms with Crippen molar-refractivity contribution in [3.8, 4) is 0 Å². The van der Waals surface area contributed by atoms with Gasteiger partial charge in [0.05, 0.1) is 0 Å². The van der Waals surface area contributed by atoms with Gasteiger partial charge in [0.1, 0.15) is 0 Å². The molecule has 0 atom stereocenters. The molecule has 0 unspecified atom stereocenters. The summed E-state index contributed by atoms with van der Waals surface area (Å²) in [6, 6.07) is 20.2. The van der Waals surface area contributed by atoms with Gasteiger partial charge < -0.3 is 0 Å². The van der Waals surface area contributed by atoms with Gasteiger partial charge in [-0.2, -0.15) is 0 Å². The molecule has 0 aliphatic rings. The van der Waals surface area contributed by atoms with E-state index in [0.29, 0.717) is 13.2 Å². The predicted molar refractivity (Wildman–Crippen MR) is 82.3 cm³/mol. The van der Waals surface area contributed by atoms with Crippen LogP contribution in [0.3, 0.4) is 0 Å². The molecule has 19 heavy (non-hydrogen) atoms. The van der Waals surface area contributed by atoms with Crippen LogP contribution in [0.1, 0.15) is 11.1 Å². The van der Waals surface area contributed by atoms with Crippen LogP contribution >= 0.6 is 4.65 Å². The summed E-state index contributed by atoms with van der Waals surface area (Å²) in [5, 5.41) is 0. The minimum absolute atomic E-state index is 0.561. The van der Waals surface area contributed by atoms with E-state index in [0.717, 1.165) is 11.1 Å². The fraction of sp³-hybridized carbons (Fsp3) is 0.143. The molecule has 0 aliphatic carbocycles. The second-order valence-corrected chi connectivity index (χ2v) is 15.7. The van der Waals surface area contributed by atoms with Crippen LogP contribution in [0, 0.1) is 0 Å². The van der Waals surface area contributed by atoms with Crippen molar-refractivity contribution in [2.45, 2.75) is 13.2 Å². The maximum absolute atomic E-state index is 5.84. The molecule has 0 heterocycles. The van der Waals surface area contributed by atoms with E-state index < -0.39 is 4.65 Å². The fourth-order valence-electron chi connectivity index (χ4n) is 1.50. The van der Waals surface area contributed by atoms with Gasteiger partial charge >= 0.3 is 129 Å². The van der Waals surface area contributed by atoms with Crippen LogP contribution in [-0.4, -0.2) is 30.7 Å².